The van der Waals surface area contributed by atoms with Crippen molar-refractivity contribution in [1.29, 1.82) is 0 Å². The molecule has 6 heteroatoms. The van der Waals surface area contributed by atoms with E-state index in [2.05, 4.69) is 41.7 Å². The standard InChI is InChI=1S/C16H26N4O2/c1-5-17-16(19-12(4)11(2)3)18-10-15(22)20-13-6-8-14(21)9-7-13/h6-9,11-12,21H,5,10H2,1-4H3,(H,20,22)(H2,17,18,19). The Morgan fingerprint density at radius 2 is 1.86 bits per heavy atom. The summed E-state index contributed by atoms with van der Waals surface area (Å²) in [6.07, 6.45) is 0. The third-order valence-electron chi connectivity index (χ3n) is 3.24. The second kappa shape index (κ2) is 8.92. The van der Waals surface area contributed by atoms with Gasteiger partial charge in [0.15, 0.2) is 5.96 Å². The summed E-state index contributed by atoms with van der Waals surface area (Å²) in [4.78, 5) is 16.2. The first-order valence-electron chi connectivity index (χ1n) is 7.56. The highest BCUT2D eigenvalue weighted by molar-refractivity contribution is 5.94. The molecule has 1 aromatic carbocycles. The van der Waals surface area contributed by atoms with Crippen LogP contribution in [0.5, 0.6) is 5.75 Å². The molecule has 0 aliphatic heterocycles. The normalized spacial score (nSPS) is 12.9. The highest BCUT2D eigenvalue weighted by atomic mass is 16.3. The first-order chi connectivity index (χ1) is 10.4. The number of carbonyl (C=O) groups is 1. The van der Waals surface area contributed by atoms with Crippen molar-refractivity contribution < 1.29 is 9.90 Å². The van der Waals surface area contributed by atoms with Crippen LogP contribution in [0.15, 0.2) is 29.3 Å². The van der Waals surface area contributed by atoms with E-state index < -0.39 is 0 Å². The highest BCUT2D eigenvalue weighted by Crippen LogP contribution is 2.13. The third-order valence-corrected chi connectivity index (χ3v) is 3.24. The van der Waals surface area contributed by atoms with Gasteiger partial charge in [-0.1, -0.05) is 13.8 Å². The van der Waals surface area contributed by atoms with Crippen LogP contribution in [-0.2, 0) is 4.79 Å². The van der Waals surface area contributed by atoms with E-state index in [1.165, 1.54) is 12.1 Å². The van der Waals surface area contributed by atoms with Crippen LogP contribution in [0.4, 0.5) is 5.69 Å². The Morgan fingerprint density at radius 1 is 1.23 bits per heavy atom. The number of carbonyl (C=O) groups excluding carboxylic acids is 1. The Labute approximate surface area is 132 Å². The van der Waals surface area contributed by atoms with Crippen molar-refractivity contribution in [1.82, 2.24) is 10.6 Å². The summed E-state index contributed by atoms with van der Waals surface area (Å²) in [5.74, 6) is 1.05. The fourth-order valence-electron chi connectivity index (χ4n) is 1.60. The Bertz CT molecular complexity index is 497. The number of aliphatic imine (C=N–C) groups is 1. The number of amides is 1. The minimum Gasteiger partial charge on any atom is -0.508 e. The van der Waals surface area contributed by atoms with Crippen LogP contribution < -0.4 is 16.0 Å². The smallest absolute Gasteiger partial charge is 0.246 e. The number of phenols is 1. The van der Waals surface area contributed by atoms with Crippen LogP contribution in [0.2, 0.25) is 0 Å². The number of benzene rings is 1. The van der Waals surface area contributed by atoms with Crippen LogP contribution in [0.3, 0.4) is 0 Å². The molecule has 0 radical (unpaired) electrons. The number of phenolic OH excluding ortho intramolecular Hbond substituents is 1. The van der Waals surface area contributed by atoms with E-state index in [0.29, 0.717) is 17.6 Å². The first kappa shape index (κ1) is 17.8. The summed E-state index contributed by atoms with van der Waals surface area (Å²) >= 11 is 0. The largest absolute Gasteiger partial charge is 0.508 e. The molecule has 0 fully saturated rings. The van der Waals surface area contributed by atoms with Gasteiger partial charge in [0.2, 0.25) is 5.91 Å². The zero-order valence-corrected chi connectivity index (χ0v) is 13.7. The molecule has 6 nitrogen and oxygen atoms in total. The van der Waals surface area contributed by atoms with Crippen LogP contribution in [0, 0.1) is 5.92 Å². The zero-order chi connectivity index (χ0) is 16.5. The number of hydrogen-bond acceptors (Lipinski definition) is 3. The number of aromatic hydroxyl groups is 1. The molecule has 0 aliphatic rings. The van der Waals surface area contributed by atoms with Gasteiger partial charge in [0.05, 0.1) is 0 Å². The molecule has 0 aromatic heterocycles. The Hall–Kier alpha value is -2.24. The lowest BCUT2D eigenvalue weighted by molar-refractivity contribution is -0.114. The van der Waals surface area contributed by atoms with Crippen LogP contribution in [-0.4, -0.2) is 36.1 Å². The molecule has 0 heterocycles. The lowest BCUT2D eigenvalue weighted by Crippen LogP contribution is -2.44. The van der Waals surface area contributed by atoms with Gasteiger partial charge in [0.25, 0.3) is 0 Å². The second-order valence-corrected chi connectivity index (χ2v) is 5.47. The van der Waals surface area contributed by atoms with Crippen LogP contribution in [0.25, 0.3) is 0 Å². The van der Waals surface area contributed by atoms with Crippen molar-refractivity contribution in [2.45, 2.75) is 33.7 Å². The number of nitrogens with one attached hydrogen (secondary N) is 3. The van der Waals surface area contributed by atoms with E-state index in [9.17, 15) is 9.90 Å². The molecule has 1 aromatic rings. The fraction of sp³-hybridized carbons (Fsp3) is 0.500. The van der Waals surface area contributed by atoms with E-state index >= 15 is 0 Å². The van der Waals surface area contributed by atoms with E-state index in [1.54, 1.807) is 12.1 Å². The van der Waals surface area contributed by atoms with Crippen molar-refractivity contribution in [2.75, 3.05) is 18.4 Å². The molecule has 1 rings (SSSR count). The number of hydrogen-bond donors (Lipinski definition) is 4. The van der Waals surface area contributed by atoms with Crippen molar-refractivity contribution in [3.8, 4) is 5.75 Å². The molecule has 122 valence electrons. The van der Waals surface area contributed by atoms with Gasteiger partial charge in [-0.05, 0) is 44.0 Å². The van der Waals surface area contributed by atoms with E-state index in [-0.39, 0.29) is 24.2 Å². The minimum atomic E-state index is -0.208. The molecule has 0 bridgehead atoms. The quantitative estimate of drug-likeness (QED) is 0.367. The average Bonchev–Trinajstić information content (AvgIpc) is 2.47. The van der Waals surface area contributed by atoms with Crippen LogP contribution >= 0.6 is 0 Å². The molecule has 0 aliphatic carbocycles. The van der Waals surface area contributed by atoms with E-state index in [1.807, 2.05) is 6.92 Å². The van der Waals surface area contributed by atoms with E-state index in [0.717, 1.165) is 6.54 Å². The maximum atomic E-state index is 11.9. The molecule has 0 saturated heterocycles. The Morgan fingerprint density at radius 3 is 2.41 bits per heavy atom. The Balaban J connectivity index is 2.57. The van der Waals surface area contributed by atoms with Gasteiger partial charge in [0, 0.05) is 18.3 Å². The highest BCUT2D eigenvalue weighted by Gasteiger charge is 2.09. The summed E-state index contributed by atoms with van der Waals surface area (Å²) < 4.78 is 0. The second-order valence-electron chi connectivity index (χ2n) is 5.47. The minimum absolute atomic E-state index is 0.0288. The summed E-state index contributed by atoms with van der Waals surface area (Å²) in [6.45, 7) is 9.07. The van der Waals surface area contributed by atoms with Crippen molar-refractivity contribution in [3.63, 3.8) is 0 Å². The van der Waals surface area contributed by atoms with Crippen LogP contribution in [0.1, 0.15) is 27.7 Å². The lowest BCUT2D eigenvalue weighted by atomic mass is 10.1. The van der Waals surface area contributed by atoms with Crippen molar-refractivity contribution >= 4 is 17.6 Å². The molecule has 4 N–H and O–H groups in total. The molecule has 0 saturated carbocycles. The third kappa shape index (κ3) is 6.47. The Kier molecular flexibility index (Phi) is 7.22. The molecular weight excluding hydrogens is 280 g/mol. The summed E-state index contributed by atoms with van der Waals surface area (Å²) in [6, 6.07) is 6.59. The number of guanidine groups is 1. The predicted molar refractivity (Wildman–Crippen MR) is 90.2 cm³/mol. The number of nitrogens with zero attached hydrogens (tertiary/aromatic N) is 1. The molecule has 1 atom stereocenters. The van der Waals surface area contributed by atoms with Gasteiger partial charge >= 0.3 is 0 Å². The topological polar surface area (TPSA) is 85.8 Å². The summed E-state index contributed by atoms with van der Waals surface area (Å²) in [5.41, 5.74) is 0.631. The van der Waals surface area contributed by atoms with Crippen molar-refractivity contribution in [2.24, 2.45) is 10.9 Å². The monoisotopic (exact) mass is 306 g/mol. The first-order valence-corrected chi connectivity index (χ1v) is 7.56. The molecule has 1 unspecified atom stereocenters. The SMILES string of the molecule is CCNC(=NCC(=O)Nc1ccc(O)cc1)NC(C)C(C)C. The van der Waals surface area contributed by atoms with E-state index in [4.69, 9.17) is 0 Å². The molecular formula is C16H26N4O2. The van der Waals surface area contributed by atoms with Gasteiger partial charge in [-0.2, -0.15) is 0 Å². The zero-order valence-electron chi connectivity index (χ0n) is 13.7. The predicted octanol–water partition coefficient (Wildman–Crippen LogP) is 1.93. The van der Waals surface area contributed by atoms with Gasteiger partial charge in [-0.3, -0.25) is 4.79 Å². The maximum absolute atomic E-state index is 11.9. The fourth-order valence-corrected chi connectivity index (χ4v) is 1.60. The summed E-state index contributed by atoms with van der Waals surface area (Å²) in [5, 5.41) is 18.3. The van der Waals surface area contributed by atoms with Gasteiger partial charge in [0.1, 0.15) is 12.3 Å². The average molecular weight is 306 g/mol. The lowest BCUT2D eigenvalue weighted by Gasteiger charge is -2.20. The molecule has 22 heavy (non-hydrogen) atoms. The number of anilines is 1. The van der Waals surface area contributed by atoms with Gasteiger partial charge in [-0.25, -0.2) is 4.99 Å². The maximum Gasteiger partial charge on any atom is 0.246 e. The van der Waals surface area contributed by atoms with Gasteiger partial charge in [-0.15, -0.1) is 0 Å². The number of rotatable bonds is 6. The molecule has 1 amide bonds. The molecule has 0 spiro atoms. The summed E-state index contributed by atoms with van der Waals surface area (Å²) in [7, 11) is 0. The van der Waals surface area contributed by atoms with Gasteiger partial charge < -0.3 is 21.1 Å². The van der Waals surface area contributed by atoms with Crippen molar-refractivity contribution in [3.05, 3.63) is 24.3 Å².